The molecule has 0 radical (unpaired) electrons. The number of nitrogens with one attached hydrogen (secondary N) is 1. The molecule has 0 aliphatic carbocycles. The number of halogens is 1. The molecule has 0 amide bonds. The second-order valence-corrected chi connectivity index (χ2v) is 7.41. The highest BCUT2D eigenvalue weighted by molar-refractivity contribution is 7.89. The highest BCUT2D eigenvalue weighted by atomic mass is 35.5. The van der Waals surface area contributed by atoms with Crippen LogP contribution in [0.2, 0.25) is 4.34 Å². The summed E-state index contributed by atoms with van der Waals surface area (Å²) in [6.45, 7) is 1.74. The molecule has 0 saturated heterocycles. The largest absolute Gasteiger partial charge is 0.381 e. The monoisotopic (exact) mass is 320 g/mol. The van der Waals surface area contributed by atoms with Crippen LogP contribution in [0.25, 0.3) is 0 Å². The number of nitrogens with zero attached hydrogens (tertiary/aromatic N) is 2. The third-order valence-electron chi connectivity index (χ3n) is 2.52. The van der Waals surface area contributed by atoms with Crippen molar-refractivity contribution >= 4 is 38.8 Å². The topological polar surface area (TPSA) is 90.0 Å². The Morgan fingerprint density at radius 3 is 2.68 bits per heavy atom. The molecule has 6 nitrogen and oxygen atoms in total. The number of sulfonamides is 1. The van der Waals surface area contributed by atoms with Gasteiger partial charge in [-0.25, -0.2) is 18.1 Å². The number of imidazole rings is 1. The standard InChI is InChI=1S/C10H13ClN4O2S2/c1-6(7-3-4-8(11)18-7)14-19(16,17)10-9(12)13-5-15(10)2/h3-6,14H,12H2,1-2H3. The summed E-state index contributed by atoms with van der Waals surface area (Å²) in [6.07, 6.45) is 1.36. The summed E-state index contributed by atoms with van der Waals surface area (Å²) in [5.41, 5.74) is 5.58. The van der Waals surface area contributed by atoms with E-state index in [2.05, 4.69) is 9.71 Å². The lowest BCUT2D eigenvalue weighted by atomic mass is 10.3. The van der Waals surface area contributed by atoms with Gasteiger partial charge in [-0.3, -0.25) is 0 Å². The number of thiophene rings is 1. The highest BCUT2D eigenvalue weighted by Gasteiger charge is 2.25. The molecule has 0 aliphatic heterocycles. The molecule has 9 heteroatoms. The van der Waals surface area contributed by atoms with Crippen LogP contribution in [0.4, 0.5) is 5.82 Å². The third-order valence-corrected chi connectivity index (χ3v) is 5.60. The van der Waals surface area contributed by atoms with E-state index in [1.54, 1.807) is 26.1 Å². The Balaban J connectivity index is 2.27. The molecule has 2 heterocycles. The number of hydrogen-bond acceptors (Lipinski definition) is 5. The molecule has 0 bridgehead atoms. The van der Waals surface area contributed by atoms with Gasteiger partial charge in [0.15, 0.2) is 10.8 Å². The van der Waals surface area contributed by atoms with Crippen molar-refractivity contribution in [3.8, 4) is 0 Å². The molecular formula is C10H13ClN4O2S2. The fraction of sp³-hybridized carbons (Fsp3) is 0.300. The minimum absolute atomic E-state index is 0.0218. The maximum atomic E-state index is 12.2. The van der Waals surface area contributed by atoms with Gasteiger partial charge in [0.25, 0.3) is 10.0 Å². The van der Waals surface area contributed by atoms with Crippen LogP contribution in [0.3, 0.4) is 0 Å². The van der Waals surface area contributed by atoms with Gasteiger partial charge in [-0.2, -0.15) is 0 Å². The summed E-state index contributed by atoms with van der Waals surface area (Å²) in [5, 5.41) is -0.0398. The molecule has 104 valence electrons. The van der Waals surface area contributed by atoms with E-state index in [4.69, 9.17) is 17.3 Å². The van der Waals surface area contributed by atoms with Crippen LogP contribution in [0.5, 0.6) is 0 Å². The quantitative estimate of drug-likeness (QED) is 0.898. The molecule has 1 unspecified atom stereocenters. The molecule has 0 saturated carbocycles. The molecule has 1 atom stereocenters. The van der Waals surface area contributed by atoms with Gasteiger partial charge in [-0.05, 0) is 19.1 Å². The Bertz CT molecular complexity index is 673. The summed E-state index contributed by atoms with van der Waals surface area (Å²) in [7, 11) is -2.15. The molecule has 0 aliphatic rings. The number of nitrogens with two attached hydrogens (primary N) is 1. The second-order valence-electron chi connectivity index (χ2n) is 4.03. The van der Waals surface area contributed by atoms with Crippen LogP contribution >= 0.6 is 22.9 Å². The second kappa shape index (κ2) is 5.12. The van der Waals surface area contributed by atoms with E-state index >= 15 is 0 Å². The average molecular weight is 321 g/mol. The van der Waals surface area contributed by atoms with Gasteiger partial charge in [0, 0.05) is 11.9 Å². The van der Waals surface area contributed by atoms with E-state index in [0.29, 0.717) is 4.34 Å². The predicted octanol–water partition coefficient (Wildman–Crippen LogP) is 1.76. The Hall–Kier alpha value is -1.09. The van der Waals surface area contributed by atoms with Crippen LogP contribution in [-0.2, 0) is 17.1 Å². The van der Waals surface area contributed by atoms with Gasteiger partial charge in [-0.1, -0.05) is 11.6 Å². The normalized spacial score (nSPS) is 13.6. The fourth-order valence-electron chi connectivity index (χ4n) is 1.67. The molecule has 0 aromatic carbocycles. The summed E-state index contributed by atoms with van der Waals surface area (Å²) in [5.74, 6) is -0.0218. The summed E-state index contributed by atoms with van der Waals surface area (Å²) < 4.78 is 29.0. The van der Waals surface area contributed by atoms with Crippen molar-refractivity contribution in [3.05, 3.63) is 27.7 Å². The zero-order valence-electron chi connectivity index (χ0n) is 10.3. The highest BCUT2D eigenvalue weighted by Crippen LogP contribution is 2.28. The van der Waals surface area contributed by atoms with Crippen molar-refractivity contribution in [1.29, 1.82) is 0 Å². The number of hydrogen-bond donors (Lipinski definition) is 2. The maximum Gasteiger partial charge on any atom is 0.260 e. The van der Waals surface area contributed by atoms with Crippen molar-refractivity contribution in [2.75, 3.05) is 5.73 Å². The average Bonchev–Trinajstić information content (AvgIpc) is 2.85. The number of rotatable bonds is 4. The Kier molecular flexibility index (Phi) is 3.86. The van der Waals surface area contributed by atoms with E-state index in [1.807, 2.05) is 0 Å². The van der Waals surface area contributed by atoms with Crippen LogP contribution in [-0.4, -0.2) is 18.0 Å². The molecule has 0 spiro atoms. The van der Waals surface area contributed by atoms with Crippen molar-refractivity contribution in [2.24, 2.45) is 7.05 Å². The van der Waals surface area contributed by atoms with Crippen molar-refractivity contribution in [1.82, 2.24) is 14.3 Å². The smallest absolute Gasteiger partial charge is 0.260 e. The first-order valence-corrected chi connectivity index (χ1v) is 8.03. The van der Waals surface area contributed by atoms with Gasteiger partial charge in [-0.15, -0.1) is 11.3 Å². The van der Waals surface area contributed by atoms with Crippen molar-refractivity contribution < 1.29 is 8.42 Å². The molecule has 19 heavy (non-hydrogen) atoms. The summed E-state index contributed by atoms with van der Waals surface area (Å²) >= 11 is 7.16. The van der Waals surface area contributed by atoms with E-state index in [9.17, 15) is 8.42 Å². The molecule has 2 aromatic rings. The third kappa shape index (κ3) is 2.92. The van der Waals surface area contributed by atoms with E-state index < -0.39 is 16.1 Å². The Labute approximate surface area is 120 Å². The molecule has 2 aromatic heterocycles. The van der Waals surface area contributed by atoms with Crippen molar-refractivity contribution in [2.45, 2.75) is 18.0 Å². The van der Waals surface area contributed by atoms with Crippen LogP contribution in [0.1, 0.15) is 17.8 Å². The number of anilines is 1. The molecular weight excluding hydrogens is 308 g/mol. The predicted molar refractivity (Wildman–Crippen MR) is 75.7 cm³/mol. The Morgan fingerprint density at radius 2 is 2.21 bits per heavy atom. The van der Waals surface area contributed by atoms with Crippen LogP contribution in [0, 0.1) is 0 Å². The first kappa shape index (κ1) is 14.3. The fourth-order valence-corrected chi connectivity index (χ4v) is 4.27. The lowest BCUT2D eigenvalue weighted by Gasteiger charge is -2.13. The zero-order valence-corrected chi connectivity index (χ0v) is 12.7. The number of nitrogen functional groups attached to an aromatic ring is 1. The Morgan fingerprint density at radius 1 is 1.53 bits per heavy atom. The lowest BCUT2D eigenvalue weighted by Crippen LogP contribution is -2.28. The van der Waals surface area contributed by atoms with E-state index in [-0.39, 0.29) is 10.8 Å². The first-order valence-electron chi connectivity index (χ1n) is 5.35. The SMILES string of the molecule is CC(NS(=O)(=O)c1c(N)ncn1C)c1ccc(Cl)s1. The summed E-state index contributed by atoms with van der Waals surface area (Å²) in [4.78, 5) is 4.60. The van der Waals surface area contributed by atoms with Gasteiger partial charge in [0.2, 0.25) is 0 Å². The molecule has 0 fully saturated rings. The van der Waals surface area contributed by atoms with Gasteiger partial charge < -0.3 is 10.3 Å². The zero-order chi connectivity index (χ0) is 14.2. The number of aryl methyl sites for hydroxylation is 1. The van der Waals surface area contributed by atoms with Crippen molar-refractivity contribution in [3.63, 3.8) is 0 Å². The van der Waals surface area contributed by atoms with Crippen LogP contribution < -0.4 is 10.5 Å². The van der Waals surface area contributed by atoms with E-state index in [0.717, 1.165) is 4.88 Å². The molecule has 2 rings (SSSR count). The minimum Gasteiger partial charge on any atom is -0.381 e. The lowest BCUT2D eigenvalue weighted by molar-refractivity contribution is 0.559. The summed E-state index contributed by atoms with van der Waals surface area (Å²) in [6, 6.07) is 3.12. The first-order chi connectivity index (χ1) is 8.81. The number of aromatic nitrogens is 2. The van der Waals surface area contributed by atoms with Gasteiger partial charge >= 0.3 is 0 Å². The van der Waals surface area contributed by atoms with Gasteiger partial charge in [0.1, 0.15) is 0 Å². The van der Waals surface area contributed by atoms with Crippen LogP contribution in [0.15, 0.2) is 23.5 Å². The minimum atomic E-state index is -3.73. The van der Waals surface area contributed by atoms with E-state index in [1.165, 1.54) is 22.2 Å². The molecule has 3 N–H and O–H groups in total. The van der Waals surface area contributed by atoms with Gasteiger partial charge in [0.05, 0.1) is 16.7 Å². The maximum absolute atomic E-state index is 12.2.